The van der Waals surface area contributed by atoms with E-state index in [2.05, 4.69) is 0 Å². The normalized spacial score (nSPS) is 10.1. The van der Waals surface area contributed by atoms with Crippen molar-refractivity contribution in [2.75, 3.05) is 6.61 Å². The van der Waals surface area contributed by atoms with Crippen molar-refractivity contribution in [1.82, 2.24) is 0 Å². The van der Waals surface area contributed by atoms with Gasteiger partial charge in [-0.15, -0.1) is 0 Å². The first kappa shape index (κ1) is 19.1. The molecule has 4 nitrogen and oxygen atoms in total. The van der Waals surface area contributed by atoms with Gasteiger partial charge in [0.05, 0.1) is 12.7 Å². The molecule has 0 radical (unpaired) electrons. The first-order chi connectivity index (χ1) is 5.68. The molecule has 0 spiro atoms. The van der Waals surface area contributed by atoms with E-state index in [1.807, 2.05) is 0 Å². The second-order valence-corrected chi connectivity index (χ2v) is 2.30. The number of unbranched alkanes of at least 4 members (excludes halogenated alkanes) is 2. The minimum absolute atomic E-state index is 0. The molecule has 0 aliphatic carbocycles. The summed E-state index contributed by atoms with van der Waals surface area (Å²) < 4.78 is 0. The monoisotopic (exact) mass is 218 g/mol. The number of hydrogen-bond acceptors (Lipinski definition) is 4. The van der Waals surface area contributed by atoms with Gasteiger partial charge in [-0.1, -0.05) is 0 Å². The molecular formula is C8H18CaO4. The van der Waals surface area contributed by atoms with E-state index in [0.717, 1.165) is 12.6 Å². The van der Waals surface area contributed by atoms with E-state index >= 15 is 0 Å². The van der Waals surface area contributed by atoms with Crippen LogP contribution in [0.5, 0.6) is 0 Å². The van der Waals surface area contributed by atoms with Gasteiger partial charge in [-0.05, 0) is 13.3 Å². The van der Waals surface area contributed by atoms with Crippen molar-refractivity contribution in [2.24, 2.45) is 0 Å². The zero-order valence-corrected chi connectivity index (χ0v) is 7.27. The fraction of sp³-hybridized carbons (Fsp3) is 0.750. The Hall–Kier alpha value is 0.520. The zero-order chi connectivity index (χ0) is 9.82. The van der Waals surface area contributed by atoms with Crippen LogP contribution in [0.2, 0.25) is 0 Å². The van der Waals surface area contributed by atoms with Crippen LogP contribution in [0.15, 0.2) is 0 Å². The van der Waals surface area contributed by atoms with E-state index in [1.54, 1.807) is 0 Å². The molecule has 0 heterocycles. The third kappa shape index (κ3) is 32.6. The van der Waals surface area contributed by atoms with Gasteiger partial charge >= 0.3 is 37.7 Å². The maximum absolute atomic E-state index is 9.56. The van der Waals surface area contributed by atoms with Gasteiger partial charge in [0.2, 0.25) is 0 Å². The molecule has 0 aromatic carbocycles. The van der Waals surface area contributed by atoms with Gasteiger partial charge < -0.3 is 19.8 Å². The Morgan fingerprint density at radius 1 is 1.23 bits per heavy atom. The molecule has 1 unspecified atom stereocenters. The van der Waals surface area contributed by atoms with Gasteiger partial charge in [0.15, 0.2) is 0 Å². The van der Waals surface area contributed by atoms with Crippen LogP contribution in [0.1, 0.15) is 26.2 Å². The minimum atomic E-state index is -0.560. The van der Waals surface area contributed by atoms with Gasteiger partial charge in [-0.25, -0.2) is 0 Å². The molecular weight excluding hydrogens is 200 g/mol. The number of carbonyl (C=O) groups excluding carboxylic acids is 2. The zero-order valence-electron chi connectivity index (χ0n) is 7.27. The Morgan fingerprint density at radius 2 is 1.54 bits per heavy atom. The van der Waals surface area contributed by atoms with E-state index < -0.39 is 6.10 Å². The second-order valence-electron chi connectivity index (χ2n) is 2.30. The Labute approximate surface area is 108 Å². The van der Waals surface area contributed by atoms with E-state index in [4.69, 9.17) is 10.2 Å². The van der Waals surface area contributed by atoms with Crippen molar-refractivity contribution in [3.8, 4) is 0 Å². The number of aliphatic hydroxyl groups excluding tert-OH is 2. The summed E-state index contributed by atoms with van der Waals surface area (Å²) in [5.74, 6) is 0. The molecule has 0 saturated heterocycles. The summed E-state index contributed by atoms with van der Waals surface area (Å²) in [5.41, 5.74) is 0. The summed E-state index contributed by atoms with van der Waals surface area (Å²) in [6, 6.07) is 0. The summed E-state index contributed by atoms with van der Waals surface area (Å²) in [7, 11) is 0. The predicted octanol–water partition coefficient (Wildman–Crippen LogP) is -1.00. The van der Waals surface area contributed by atoms with Crippen LogP contribution in [-0.2, 0) is 9.59 Å². The summed E-state index contributed by atoms with van der Waals surface area (Å²) in [5, 5.41) is 16.0. The first-order valence-electron chi connectivity index (χ1n) is 3.85. The second kappa shape index (κ2) is 18.3. The summed E-state index contributed by atoms with van der Waals surface area (Å²) in [6.07, 6.45) is 2.81. The van der Waals surface area contributed by atoms with Crippen molar-refractivity contribution in [2.45, 2.75) is 32.3 Å². The fourth-order valence-electron chi connectivity index (χ4n) is 0.285. The fourth-order valence-corrected chi connectivity index (χ4v) is 0.285. The van der Waals surface area contributed by atoms with Crippen LogP contribution in [0.25, 0.3) is 0 Å². The van der Waals surface area contributed by atoms with Crippen molar-refractivity contribution in [1.29, 1.82) is 0 Å². The molecule has 1 atom stereocenters. The molecule has 2 N–H and O–H groups in total. The SMILES string of the molecule is CC(O)CO.O=CCCCC=O.[CaH2]. The third-order valence-electron chi connectivity index (χ3n) is 0.908. The molecule has 0 aromatic rings. The van der Waals surface area contributed by atoms with Crippen LogP contribution < -0.4 is 0 Å². The van der Waals surface area contributed by atoms with Gasteiger partial charge in [0.25, 0.3) is 0 Å². The van der Waals surface area contributed by atoms with E-state index in [-0.39, 0.29) is 44.3 Å². The molecule has 0 fully saturated rings. The molecule has 0 aliphatic rings. The standard InChI is InChI=1S/C5H8O2.C3H8O2.Ca.2H/c6-4-2-1-3-5-7;1-3(5)2-4;;;/h4-5H,1-3H2;3-5H,2H2,1H3;;;. The van der Waals surface area contributed by atoms with Gasteiger partial charge in [-0.2, -0.15) is 0 Å². The molecule has 0 rings (SSSR count). The summed E-state index contributed by atoms with van der Waals surface area (Å²) in [4.78, 5) is 19.1. The summed E-state index contributed by atoms with van der Waals surface area (Å²) in [6.45, 7) is 1.39. The van der Waals surface area contributed by atoms with E-state index in [1.165, 1.54) is 6.92 Å². The van der Waals surface area contributed by atoms with Crippen LogP contribution in [-0.4, -0.2) is 73.2 Å². The number of aliphatic hydroxyl groups is 2. The maximum atomic E-state index is 9.56. The summed E-state index contributed by atoms with van der Waals surface area (Å²) >= 11 is 0. The van der Waals surface area contributed by atoms with Crippen LogP contribution in [0.4, 0.5) is 0 Å². The average Bonchev–Trinajstić information content (AvgIpc) is 2.07. The molecule has 0 aliphatic heterocycles. The van der Waals surface area contributed by atoms with Gasteiger partial charge in [0, 0.05) is 12.8 Å². The Kier molecular flexibility index (Phi) is 27.0. The average molecular weight is 218 g/mol. The van der Waals surface area contributed by atoms with Crippen molar-refractivity contribution >= 4 is 50.3 Å². The quantitative estimate of drug-likeness (QED) is 0.352. The molecule has 0 aromatic heterocycles. The Balaban J connectivity index is -0.000000150. The van der Waals surface area contributed by atoms with Crippen molar-refractivity contribution in [3.05, 3.63) is 0 Å². The van der Waals surface area contributed by atoms with Crippen LogP contribution in [0, 0.1) is 0 Å². The van der Waals surface area contributed by atoms with Gasteiger partial charge in [0.1, 0.15) is 12.6 Å². The molecule has 76 valence electrons. The van der Waals surface area contributed by atoms with Crippen LogP contribution >= 0.6 is 0 Å². The topological polar surface area (TPSA) is 74.6 Å². The van der Waals surface area contributed by atoms with Crippen molar-refractivity contribution in [3.63, 3.8) is 0 Å². The molecule has 5 heteroatoms. The third-order valence-corrected chi connectivity index (χ3v) is 0.908. The number of aldehydes is 2. The molecule has 13 heavy (non-hydrogen) atoms. The Morgan fingerprint density at radius 3 is 1.69 bits per heavy atom. The first-order valence-corrected chi connectivity index (χ1v) is 3.85. The molecule has 0 bridgehead atoms. The van der Waals surface area contributed by atoms with E-state index in [0.29, 0.717) is 19.3 Å². The number of hydrogen-bond donors (Lipinski definition) is 2. The van der Waals surface area contributed by atoms with Crippen LogP contribution in [0.3, 0.4) is 0 Å². The number of carbonyl (C=O) groups is 2. The Bertz CT molecular complexity index is 98.3. The molecule has 0 amide bonds. The van der Waals surface area contributed by atoms with Gasteiger partial charge in [-0.3, -0.25) is 0 Å². The predicted molar refractivity (Wildman–Crippen MR) is 53.3 cm³/mol. The molecule has 0 saturated carbocycles. The number of rotatable bonds is 5. The van der Waals surface area contributed by atoms with E-state index in [9.17, 15) is 9.59 Å². The van der Waals surface area contributed by atoms with Crippen molar-refractivity contribution < 1.29 is 19.8 Å².